The summed E-state index contributed by atoms with van der Waals surface area (Å²) in [5.74, 6) is 0.617. The molecule has 3 aromatic carbocycles. The average Bonchev–Trinajstić information content (AvgIpc) is 3.42. The van der Waals surface area contributed by atoms with Gasteiger partial charge in [-0.1, -0.05) is 42.5 Å². The molecule has 0 bridgehead atoms. The highest BCUT2D eigenvalue weighted by Gasteiger charge is 2.33. The number of rotatable bonds is 9. The van der Waals surface area contributed by atoms with Crippen LogP contribution in [0.25, 0.3) is 0 Å². The van der Waals surface area contributed by atoms with Gasteiger partial charge in [-0.15, -0.1) is 0 Å². The van der Waals surface area contributed by atoms with Gasteiger partial charge in [-0.2, -0.15) is 0 Å². The molecule has 0 aliphatic carbocycles. The lowest BCUT2D eigenvalue weighted by Crippen LogP contribution is -2.41. The molecule has 1 aliphatic heterocycles. The molecule has 0 spiro atoms. The van der Waals surface area contributed by atoms with E-state index in [0.29, 0.717) is 22.7 Å². The number of hydrogen-bond acceptors (Lipinski definition) is 6. The summed E-state index contributed by atoms with van der Waals surface area (Å²) in [5, 5.41) is 3.02. The smallest absolute Gasteiger partial charge is 0.251 e. The largest absolute Gasteiger partial charge is 0.454 e. The minimum atomic E-state index is -0.940. The molecule has 39 heavy (non-hydrogen) atoms. The summed E-state index contributed by atoms with van der Waals surface area (Å²) in [6.45, 7) is 0.311. The van der Waals surface area contributed by atoms with Gasteiger partial charge in [0.05, 0.1) is 6.42 Å². The van der Waals surface area contributed by atoms with Crippen molar-refractivity contribution in [3.8, 4) is 11.5 Å². The fourth-order valence-electron chi connectivity index (χ4n) is 4.49. The number of carbonyl (C=O) groups excluding carboxylic acids is 2. The first kappa shape index (κ1) is 25.8. The van der Waals surface area contributed by atoms with E-state index in [9.17, 15) is 9.59 Å². The van der Waals surface area contributed by atoms with Crippen molar-refractivity contribution in [1.29, 1.82) is 0 Å². The molecular formula is C31H30N4O4. The number of nitrogens with one attached hydrogen (secondary N) is 1. The molecule has 8 heteroatoms. The van der Waals surface area contributed by atoms with E-state index >= 15 is 0 Å². The molecule has 0 radical (unpaired) electrons. The third-order valence-corrected chi connectivity index (χ3v) is 6.52. The number of amides is 2. The van der Waals surface area contributed by atoms with Gasteiger partial charge in [0.1, 0.15) is 6.04 Å². The first-order valence-electron chi connectivity index (χ1n) is 12.7. The van der Waals surface area contributed by atoms with Gasteiger partial charge in [-0.3, -0.25) is 14.6 Å². The maximum Gasteiger partial charge on any atom is 0.251 e. The number of nitrogens with zero attached hydrogens (tertiary/aromatic N) is 3. The van der Waals surface area contributed by atoms with Crippen LogP contribution in [0.3, 0.4) is 0 Å². The highest BCUT2D eigenvalue weighted by atomic mass is 16.7. The van der Waals surface area contributed by atoms with E-state index in [1.807, 2.05) is 85.7 Å². The standard InChI is InChI=1S/C31H30N4O4/c1-34(2)26-13-11-25(12-14-26)33-31(37)30(24-10-15-27-28(18-24)39-21-38-27)35(20-23-9-6-16-32-19-23)29(36)17-22-7-4-3-5-8-22/h3-16,18-19,30H,17,20-21H2,1-2H3,(H,33,37)/t30-/m0/s1. The van der Waals surface area contributed by atoms with Gasteiger partial charge >= 0.3 is 0 Å². The minimum Gasteiger partial charge on any atom is -0.454 e. The highest BCUT2D eigenvalue weighted by Crippen LogP contribution is 2.36. The predicted molar refractivity (Wildman–Crippen MR) is 150 cm³/mol. The maximum atomic E-state index is 14.0. The van der Waals surface area contributed by atoms with E-state index < -0.39 is 6.04 Å². The van der Waals surface area contributed by atoms with Crippen LogP contribution in [-0.2, 0) is 22.6 Å². The molecular weight excluding hydrogens is 492 g/mol. The Kier molecular flexibility index (Phi) is 7.73. The maximum absolute atomic E-state index is 14.0. The van der Waals surface area contributed by atoms with Crippen LogP contribution in [-0.4, -0.2) is 42.6 Å². The van der Waals surface area contributed by atoms with Crippen LogP contribution >= 0.6 is 0 Å². The predicted octanol–water partition coefficient (Wildman–Crippen LogP) is 4.83. The fourth-order valence-corrected chi connectivity index (χ4v) is 4.49. The molecule has 2 heterocycles. The summed E-state index contributed by atoms with van der Waals surface area (Å²) in [7, 11) is 3.91. The molecule has 1 aliphatic rings. The first-order valence-corrected chi connectivity index (χ1v) is 12.7. The molecule has 0 fully saturated rings. The Morgan fingerprint density at radius 1 is 0.897 bits per heavy atom. The Hall–Kier alpha value is -4.85. The van der Waals surface area contributed by atoms with Crippen molar-refractivity contribution in [2.75, 3.05) is 31.1 Å². The summed E-state index contributed by atoms with van der Waals surface area (Å²) >= 11 is 0. The number of carbonyl (C=O) groups is 2. The van der Waals surface area contributed by atoms with E-state index in [0.717, 1.165) is 16.8 Å². The lowest BCUT2D eigenvalue weighted by molar-refractivity contribution is -0.139. The third-order valence-electron chi connectivity index (χ3n) is 6.52. The zero-order chi connectivity index (χ0) is 27.2. The molecule has 4 aromatic rings. The Morgan fingerprint density at radius 3 is 2.36 bits per heavy atom. The molecule has 198 valence electrons. The molecule has 1 atom stereocenters. The van der Waals surface area contributed by atoms with Crippen molar-refractivity contribution in [3.63, 3.8) is 0 Å². The number of hydrogen-bond donors (Lipinski definition) is 1. The lowest BCUT2D eigenvalue weighted by Gasteiger charge is -2.32. The van der Waals surface area contributed by atoms with Crippen molar-refractivity contribution >= 4 is 23.2 Å². The van der Waals surface area contributed by atoms with Gasteiger partial charge in [0.25, 0.3) is 5.91 Å². The quantitative estimate of drug-likeness (QED) is 0.339. The minimum absolute atomic E-state index is 0.111. The second-order valence-corrected chi connectivity index (χ2v) is 9.49. The zero-order valence-electron chi connectivity index (χ0n) is 21.9. The first-order chi connectivity index (χ1) is 19.0. The van der Waals surface area contributed by atoms with Gasteiger partial charge in [0.15, 0.2) is 11.5 Å². The molecule has 0 saturated carbocycles. The van der Waals surface area contributed by atoms with Crippen LogP contribution in [0.1, 0.15) is 22.7 Å². The fraction of sp³-hybridized carbons (Fsp3) is 0.194. The number of benzene rings is 3. The van der Waals surface area contributed by atoms with Crippen LogP contribution in [0.15, 0.2) is 97.3 Å². The highest BCUT2D eigenvalue weighted by molar-refractivity contribution is 5.98. The second kappa shape index (κ2) is 11.7. The Balaban J connectivity index is 1.53. The third kappa shape index (κ3) is 6.18. The van der Waals surface area contributed by atoms with Crippen molar-refractivity contribution in [1.82, 2.24) is 9.88 Å². The van der Waals surface area contributed by atoms with Gasteiger partial charge < -0.3 is 24.6 Å². The summed E-state index contributed by atoms with van der Waals surface area (Å²) in [4.78, 5) is 35.7. The number of aromatic nitrogens is 1. The number of fused-ring (bicyclic) bond motifs is 1. The van der Waals surface area contributed by atoms with Gasteiger partial charge in [-0.05, 0) is 59.2 Å². The lowest BCUT2D eigenvalue weighted by atomic mass is 10.0. The molecule has 8 nitrogen and oxygen atoms in total. The van der Waals surface area contributed by atoms with Crippen molar-refractivity contribution in [3.05, 3.63) is 114 Å². The van der Waals surface area contributed by atoms with E-state index in [1.54, 1.807) is 35.5 Å². The summed E-state index contributed by atoms with van der Waals surface area (Å²) in [6.07, 6.45) is 3.53. The van der Waals surface area contributed by atoms with E-state index in [1.165, 1.54) is 0 Å². The van der Waals surface area contributed by atoms with Crippen molar-refractivity contribution in [2.45, 2.75) is 19.0 Å². The second-order valence-electron chi connectivity index (χ2n) is 9.49. The topological polar surface area (TPSA) is 84.0 Å². The van der Waals surface area contributed by atoms with Gasteiger partial charge in [0, 0.05) is 44.4 Å². The van der Waals surface area contributed by atoms with Gasteiger partial charge in [-0.25, -0.2) is 0 Å². The number of pyridine rings is 1. The van der Waals surface area contributed by atoms with Crippen LogP contribution in [0.4, 0.5) is 11.4 Å². The molecule has 0 unspecified atom stereocenters. The SMILES string of the molecule is CN(C)c1ccc(NC(=O)[C@H](c2ccc3c(c2)OCO3)N(Cc2cccnc2)C(=O)Cc2ccccc2)cc1. The van der Waals surface area contributed by atoms with E-state index in [2.05, 4.69) is 10.3 Å². The zero-order valence-corrected chi connectivity index (χ0v) is 21.9. The van der Waals surface area contributed by atoms with E-state index in [-0.39, 0.29) is 31.6 Å². The summed E-state index contributed by atoms with van der Waals surface area (Å²) in [5.41, 5.74) is 3.94. The summed E-state index contributed by atoms with van der Waals surface area (Å²) in [6, 6.07) is 25.2. The number of ether oxygens (including phenoxy) is 2. The van der Waals surface area contributed by atoms with Crippen LogP contribution < -0.4 is 19.7 Å². The monoisotopic (exact) mass is 522 g/mol. The molecule has 5 rings (SSSR count). The van der Waals surface area contributed by atoms with Crippen molar-refractivity contribution in [2.24, 2.45) is 0 Å². The molecule has 1 aromatic heterocycles. The Bertz CT molecular complexity index is 1430. The molecule has 2 amide bonds. The van der Waals surface area contributed by atoms with Crippen molar-refractivity contribution < 1.29 is 19.1 Å². The summed E-state index contributed by atoms with van der Waals surface area (Å²) < 4.78 is 11.1. The van der Waals surface area contributed by atoms with Gasteiger partial charge in [0.2, 0.25) is 12.7 Å². The van der Waals surface area contributed by atoms with E-state index in [4.69, 9.17) is 9.47 Å². The van der Waals surface area contributed by atoms with Crippen LogP contribution in [0.2, 0.25) is 0 Å². The molecule has 1 N–H and O–H groups in total. The average molecular weight is 523 g/mol. The Morgan fingerprint density at radius 2 is 1.64 bits per heavy atom. The van der Waals surface area contributed by atoms with Crippen LogP contribution in [0.5, 0.6) is 11.5 Å². The molecule has 0 saturated heterocycles. The van der Waals surface area contributed by atoms with Crippen LogP contribution in [0, 0.1) is 0 Å². The normalized spacial score (nSPS) is 12.5. The number of anilines is 2. The Labute approximate surface area is 227 Å².